The van der Waals surface area contributed by atoms with Crippen LogP contribution in [0.25, 0.3) is 0 Å². The molecule has 0 atom stereocenters. The van der Waals surface area contributed by atoms with Crippen molar-refractivity contribution in [3.8, 4) is 0 Å². The molecule has 0 aliphatic heterocycles. The molecule has 0 N–H and O–H groups in total. The highest BCUT2D eigenvalue weighted by Gasteiger charge is 2.09. The summed E-state index contributed by atoms with van der Waals surface area (Å²) >= 11 is 3.35. The van der Waals surface area contributed by atoms with E-state index in [1.54, 1.807) is 13.0 Å². The van der Waals surface area contributed by atoms with E-state index < -0.39 is 0 Å². The van der Waals surface area contributed by atoms with E-state index in [-0.39, 0.29) is 10.6 Å². The summed E-state index contributed by atoms with van der Waals surface area (Å²) in [6.07, 6.45) is 2.02. The molecule has 1 aromatic rings. The zero-order valence-electron chi connectivity index (χ0n) is 8.00. The molecule has 0 fully saturated rings. The molecule has 3 nitrogen and oxygen atoms in total. The van der Waals surface area contributed by atoms with Crippen molar-refractivity contribution in [2.75, 3.05) is 5.33 Å². The van der Waals surface area contributed by atoms with Gasteiger partial charge in [-0.25, -0.2) is 0 Å². The number of hydrogen-bond donors (Lipinski definition) is 0. The molecule has 0 aliphatic rings. The molecule has 0 saturated carbocycles. The average Bonchev–Trinajstić information content (AvgIpc) is 2.14. The van der Waals surface area contributed by atoms with Crippen molar-refractivity contribution in [1.82, 2.24) is 0 Å². The van der Waals surface area contributed by atoms with Gasteiger partial charge >= 0.3 is 0 Å². The van der Waals surface area contributed by atoms with Crippen LogP contribution in [0.5, 0.6) is 0 Å². The Labute approximate surface area is 91.4 Å². The van der Waals surface area contributed by atoms with Crippen molar-refractivity contribution in [2.45, 2.75) is 19.8 Å². The fraction of sp³-hybridized carbons (Fsp3) is 0.400. The summed E-state index contributed by atoms with van der Waals surface area (Å²) in [5.74, 6) is 0. The maximum absolute atomic E-state index is 10.5. The topological polar surface area (TPSA) is 43.1 Å². The van der Waals surface area contributed by atoms with Crippen LogP contribution in [0.4, 0.5) is 5.69 Å². The van der Waals surface area contributed by atoms with Crippen molar-refractivity contribution in [3.63, 3.8) is 0 Å². The van der Waals surface area contributed by atoms with E-state index in [1.807, 2.05) is 12.1 Å². The van der Waals surface area contributed by atoms with Crippen molar-refractivity contribution in [1.29, 1.82) is 0 Å². The molecule has 0 heterocycles. The molecule has 14 heavy (non-hydrogen) atoms. The van der Waals surface area contributed by atoms with Crippen LogP contribution in [0.3, 0.4) is 0 Å². The summed E-state index contributed by atoms with van der Waals surface area (Å²) in [7, 11) is 0. The van der Waals surface area contributed by atoms with E-state index in [2.05, 4.69) is 15.9 Å². The standard InChI is InChI=1S/C10H12BrNO2/c1-8-7-9(3-2-6-11)4-5-10(8)12(13)14/h4-5,7H,2-3,6H2,1H3. The Kier molecular flexibility index (Phi) is 4.07. The molecule has 0 amide bonds. The Morgan fingerprint density at radius 2 is 2.21 bits per heavy atom. The van der Waals surface area contributed by atoms with Crippen LogP contribution in [-0.2, 0) is 6.42 Å². The molecule has 1 aromatic carbocycles. The number of alkyl halides is 1. The van der Waals surface area contributed by atoms with Crippen LogP contribution >= 0.6 is 15.9 Å². The number of nitro benzene ring substituents is 1. The van der Waals surface area contributed by atoms with Gasteiger partial charge in [-0.1, -0.05) is 22.0 Å². The van der Waals surface area contributed by atoms with E-state index in [0.717, 1.165) is 29.3 Å². The SMILES string of the molecule is Cc1cc(CCCBr)ccc1[N+](=O)[O-]. The lowest BCUT2D eigenvalue weighted by Crippen LogP contribution is -1.93. The first-order chi connectivity index (χ1) is 6.65. The van der Waals surface area contributed by atoms with Gasteiger partial charge in [-0.15, -0.1) is 0 Å². The number of aryl methyl sites for hydroxylation is 2. The minimum atomic E-state index is -0.344. The quantitative estimate of drug-likeness (QED) is 0.472. The van der Waals surface area contributed by atoms with E-state index in [4.69, 9.17) is 0 Å². The van der Waals surface area contributed by atoms with Crippen molar-refractivity contribution in [3.05, 3.63) is 39.4 Å². The predicted molar refractivity (Wildman–Crippen MR) is 59.9 cm³/mol. The highest BCUT2D eigenvalue weighted by molar-refractivity contribution is 9.09. The maximum Gasteiger partial charge on any atom is 0.272 e. The molecular weight excluding hydrogens is 246 g/mol. The van der Waals surface area contributed by atoms with Crippen LogP contribution in [-0.4, -0.2) is 10.3 Å². The second-order valence-corrected chi connectivity index (χ2v) is 3.96. The summed E-state index contributed by atoms with van der Waals surface area (Å²) in [5.41, 5.74) is 2.10. The lowest BCUT2D eigenvalue weighted by molar-refractivity contribution is -0.385. The molecule has 0 radical (unpaired) electrons. The van der Waals surface area contributed by atoms with E-state index in [0.29, 0.717) is 0 Å². The first kappa shape index (κ1) is 11.2. The van der Waals surface area contributed by atoms with E-state index in [9.17, 15) is 10.1 Å². The van der Waals surface area contributed by atoms with Crippen LogP contribution in [0.15, 0.2) is 18.2 Å². The van der Waals surface area contributed by atoms with Crippen LogP contribution in [0, 0.1) is 17.0 Å². The smallest absolute Gasteiger partial charge is 0.258 e. The number of nitro groups is 1. The Bertz CT molecular complexity index is 339. The molecule has 1 rings (SSSR count). The summed E-state index contributed by atoms with van der Waals surface area (Å²) in [4.78, 5) is 10.2. The third kappa shape index (κ3) is 2.80. The van der Waals surface area contributed by atoms with Gasteiger partial charge in [-0.3, -0.25) is 10.1 Å². The maximum atomic E-state index is 10.5. The number of nitrogens with zero attached hydrogens (tertiary/aromatic N) is 1. The Hall–Kier alpha value is -0.900. The lowest BCUT2D eigenvalue weighted by atomic mass is 10.1. The second-order valence-electron chi connectivity index (χ2n) is 3.17. The van der Waals surface area contributed by atoms with Gasteiger partial charge in [0.2, 0.25) is 0 Å². The van der Waals surface area contributed by atoms with Crippen LogP contribution in [0.2, 0.25) is 0 Å². The van der Waals surface area contributed by atoms with Gasteiger partial charge in [0.05, 0.1) is 4.92 Å². The third-order valence-electron chi connectivity index (χ3n) is 2.06. The van der Waals surface area contributed by atoms with Gasteiger partial charge in [0.15, 0.2) is 0 Å². The summed E-state index contributed by atoms with van der Waals surface area (Å²) in [6, 6.07) is 5.30. The molecule has 0 spiro atoms. The summed E-state index contributed by atoms with van der Waals surface area (Å²) in [6.45, 7) is 1.77. The Morgan fingerprint density at radius 1 is 1.50 bits per heavy atom. The van der Waals surface area contributed by atoms with Crippen molar-refractivity contribution < 1.29 is 4.92 Å². The minimum absolute atomic E-state index is 0.201. The molecule has 4 heteroatoms. The van der Waals surface area contributed by atoms with Gasteiger partial charge in [0.25, 0.3) is 5.69 Å². The van der Waals surface area contributed by atoms with E-state index >= 15 is 0 Å². The first-order valence-electron chi connectivity index (χ1n) is 4.45. The molecular formula is C10H12BrNO2. The van der Waals surface area contributed by atoms with Crippen molar-refractivity contribution >= 4 is 21.6 Å². The highest BCUT2D eigenvalue weighted by atomic mass is 79.9. The van der Waals surface area contributed by atoms with Gasteiger partial charge in [0.1, 0.15) is 0 Å². The fourth-order valence-corrected chi connectivity index (χ4v) is 1.63. The van der Waals surface area contributed by atoms with Crippen LogP contribution in [0.1, 0.15) is 17.5 Å². The molecule has 76 valence electrons. The monoisotopic (exact) mass is 257 g/mol. The second kappa shape index (κ2) is 5.10. The number of benzene rings is 1. The summed E-state index contributed by atoms with van der Waals surface area (Å²) < 4.78 is 0. The normalized spacial score (nSPS) is 10.1. The van der Waals surface area contributed by atoms with Crippen LogP contribution < -0.4 is 0 Å². The molecule has 0 aromatic heterocycles. The summed E-state index contributed by atoms with van der Waals surface area (Å²) in [5, 5.41) is 11.5. The van der Waals surface area contributed by atoms with Gasteiger partial charge < -0.3 is 0 Å². The average molecular weight is 258 g/mol. The molecule has 0 unspecified atom stereocenters. The Balaban J connectivity index is 2.83. The number of rotatable bonds is 4. The third-order valence-corrected chi connectivity index (χ3v) is 2.62. The predicted octanol–water partition coefficient (Wildman–Crippen LogP) is 3.23. The fourth-order valence-electron chi connectivity index (χ4n) is 1.35. The highest BCUT2D eigenvalue weighted by Crippen LogP contribution is 2.19. The largest absolute Gasteiger partial charge is 0.272 e. The van der Waals surface area contributed by atoms with Gasteiger partial charge in [0, 0.05) is 17.0 Å². The lowest BCUT2D eigenvalue weighted by Gasteiger charge is -2.01. The Morgan fingerprint density at radius 3 is 2.71 bits per heavy atom. The van der Waals surface area contributed by atoms with E-state index in [1.165, 1.54) is 0 Å². The number of halogens is 1. The van der Waals surface area contributed by atoms with Crippen molar-refractivity contribution in [2.24, 2.45) is 0 Å². The minimum Gasteiger partial charge on any atom is -0.258 e. The number of hydrogen-bond acceptors (Lipinski definition) is 2. The molecule has 0 bridgehead atoms. The van der Waals surface area contributed by atoms with Gasteiger partial charge in [-0.05, 0) is 31.4 Å². The van der Waals surface area contributed by atoms with Gasteiger partial charge in [-0.2, -0.15) is 0 Å². The first-order valence-corrected chi connectivity index (χ1v) is 5.57. The molecule has 0 saturated heterocycles. The molecule has 0 aliphatic carbocycles. The zero-order chi connectivity index (χ0) is 10.6. The zero-order valence-corrected chi connectivity index (χ0v) is 9.58.